The lowest BCUT2D eigenvalue weighted by atomic mass is 9.48. The normalized spacial score (nSPS) is 43.0. The molecule has 5 saturated carbocycles. The average molecular weight is 291 g/mol. The van der Waals surface area contributed by atoms with Crippen molar-refractivity contribution in [3.63, 3.8) is 0 Å². The molecule has 0 radical (unpaired) electrons. The number of rotatable bonds is 7. The standard InChI is InChI=1S/C19H33NO/c1-20-18(13-21-6-5-14-3-2-4-14)19-10-15-7-16(11-19)9-17(8-15)12-19/h14-18,20H,2-13H2,1H3. The van der Waals surface area contributed by atoms with Gasteiger partial charge in [0.25, 0.3) is 0 Å². The fourth-order valence-electron chi connectivity index (χ4n) is 6.40. The molecule has 5 rings (SSSR count). The van der Waals surface area contributed by atoms with Crippen molar-refractivity contribution in [2.75, 3.05) is 20.3 Å². The van der Waals surface area contributed by atoms with Crippen LogP contribution < -0.4 is 5.32 Å². The van der Waals surface area contributed by atoms with Crippen LogP contribution >= 0.6 is 0 Å². The second-order valence-electron chi connectivity index (χ2n) is 8.78. The van der Waals surface area contributed by atoms with Gasteiger partial charge in [-0.2, -0.15) is 0 Å². The molecule has 5 fully saturated rings. The number of nitrogens with one attached hydrogen (secondary N) is 1. The lowest BCUT2D eigenvalue weighted by Gasteiger charge is -2.59. The number of hydrogen-bond donors (Lipinski definition) is 1. The Hall–Kier alpha value is -0.0800. The quantitative estimate of drug-likeness (QED) is 0.716. The van der Waals surface area contributed by atoms with Gasteiger partial charge in [0.1, 0.15) is 0 Å². The van der Waals surface area contributed by atoms with Crippen molar-refractivity contribution in [1.29, 1.82) is 0 Å². The molecule has 2 heteroatoms. The van der Waals surface area contributed by atoms with Gasteiger partial charge in [-0.25, -0.2) is 0 Å². The number of hydrogen-bond acceptors (Lipinski definition) is 2. The van der Waals surface area contributed by atoms with E-state index in [0.717, 1.165) is 36.9 Å². The van der Waals surface area contributed by atoms with E-state index in [1.807, 2.05) is 0 Å². The van der Waals surface area contributed by atoms with Crippen molar-refractivity contribution in [1.82, 2.24) is 5.32 Å². The fraction of sp³-hybridized carbons (Fsp3) is 1.00. The Labute approximate surface area is 130 Å². The van der Waals surface area contributed by atoms with Crippen LogP contribution in [0.4, 0.5) is 0 Å². The highest BCUT2D eigenvalue weighted by Crippen LogP contribution is 2.61. The summed E-state index contributed by atoms with van der Waals surface area (Å²) in [5.41, 5.74) is 0.583. The molecular weight excluding hydrogens is 258 g/mol. The summed E-state index contributed by atoms with van der Waals surface area (Å²) >= 11 is 0. The summed E-state index contributed by atoms with van der Waals surface area (Å²) < 4.78 is 6.12. The molecule has 5 aliphatic carbocycles. The first-order valence-electron chi connectivity index (χ1n) is 9.52. The van der Waals surface area contributed by atoms with Gasteiger partial charge in [-0.05, 0) is 81.1 Å². The summed E-state index contributed by atoms with van der Waals surface area (Å²) in [6.07, 6.45) is 14.7. The Balaban J connectivity index is 1.32. The van der Waals surface area contributed by atoms with Crippen LogP contribution in [0.1, 0.15) is 64.2 Å². The van der Waals surface area contributed by atoms with Crippen LogP contribution in [-0.4, -0.2) is 26.3 Å². The molecular formula is C19H33NO. The molecule has 5 aliphatic rings. The van der Waals surface area contributed by atoms with Crippen LogP contribution in [0.2, 0.25) is 0 Å². The third kappa shape index (κ3) is 2.79. The molecule has 4 bridgehead atoms. The number of likely N-dealkylation sites (N-methyl/N-ethyl adjacent to an activating group) is 1. The molecule has 0 saturated heterocycles. The smallest absolute Gasteiger partial charge is 0.0624 e. The molecule has 0 aromatic heterocycles. The van der Waals surface area contributed by atoms with E-state index < -0.39 is 0 Å². The van der Waals surface area contributed by atoms with Gasteiger partial charge >= 0.3 is 0 Å². The first-order valence-corrected chi connectivity index (χ1v) is 9.52. The van der Waals surface area contributed by atoms with Crippen LogP contribution in [0.25, 0.3) is 0 Å². The highest BCUT2D eigenvalue weighted by molar-refractivity contribution is 5.05. The summed E-state index contributed by atoms with van der Waals surface area (Å²) in [5, 5.41) is 3.65. The second kappa shape index (κ2) is 5.85. The molecule has 1 atom stereocenters. The van der Waals surface area contributed by atoms with Gasteiger partial charge in [-0.3, -0.25) is 0 Å². The maximum absolute atomic E-state index is 6.12. The topological polar surface area (TPSA) is 21.3 Å². The molecule has 0 aromatic carbocycles. The molecule has 0 aromatic rings. The van der Waals surface area contributed by atoms with Gasteiger partial charge in [-0.1, -0.05) is 19.3 Å². The van der Waals surface area contributed by atoms with Gasteiger partial charge in [0.05, 0.1) is 6.61 Å². The van der Waals surface area contributed by atoms with Crippen LogP contribution in [0.3, 0.4) is 0 Å². The highest BCUT2D eigenvalue weighted by Gasteiger charge is 2.53. The van der Waals surface area contributed by atoms with Crippen molar-refractivity contribution >= 4 is 0 Å². The monoisotopic (exact) mass is 291 g/mol. The van der Waals surface area contributed by atoms with Crippen LogP contribution in [-0.2, 0) is 4.74 Å². The minimum atomic E-state index is 0.583. The second-order valence-corrected chi connectivity index (χ2v) is 8.78. The Morgan fingerprint density at radius 2 is 1.67 bits per heavy atom. The largest absolute Gasteiger partial charge is 0.380 e. The van der Waals surface area contributed by atoms with Crippen LogP contribution in [0.15, 0.2) is 0 Å². The predicted octanol–water partition coefficient (Wildman–Crippen LogP) is 4.00. The lowest BCUT2D eigenvalue weighted by Crippen LogP contribution is -2.56. The van der Waals surface area contributed by atoms with Gasteiger partial charge in [0.15, 0.2) is 0 Å². The zero-order chi connectivity index (χ0) is 14.3. The van der Waals surface area contributed by atoms with Crippen molar-refractivity contribution in [3.8, 4) is 0 Å². The minimum Gasteiger partial charge on any atom is -0.380 e. The van der Waals surface area contributed by atoms with E-state index in [4.69, 9.17) is 4.74 Å². The highest BCUT2D eigenvalue weighted by atomic mass is 16.5. The van der Waals surface area contributed by atoms with E-state index in [2.05, 4.69) is 12.4 Å². The molecule has 1 unspecified atom stereocenters. The van der Waals surface area contributed by atoms with Crippen molar-refractivity contribution < 1.29 is 4.74 Å². The first kappa shape index (κ1) is 14.5. The maximum atomic E-state index is 6.12. The third-order valence-corrected chi connectivity index (χ3v) is 7.35. The molecule has 0 heterocycles. The zero-order valence-corrected chi connectivity index (χ0v) is 13.8. The van der Waals surface area contributed by atoms with Crippen LogP contribution in [0, 0.1) is 29.1 Å². The maximum Gasteiger partial charge on any atom is 0.0624 e. The number of ether oxygens (including phenoxy) is 1. The van der Waals surface area contributed by atoms with Gasteiger partial charge in [-0.15, -0.1) is 0 Å². The van der Waals surface area contributed by atoms with Gasteiger partial charge < -0.3 is 10.1 Å². The van der Waals surface area contributed by atoms with E-state index in [1.165, 1.54) is 64.2 Å². The minimum absolute atomic E-state index is 0.583. The zero-order valence-electron chi connectivity index (χ0n) is 13.8. The molecule has 1 N–H and O–H groups in total. The van der Waals surface area contributed by atoms with E-state index in [1.54, 1.807) is 0 Å². The summed E-state index contributed by atoms with van der Waals surface area (Å²) in [5.74, 6) is 4.11. The summed E-state index contributed by atoms with van der Waals surface area (Å²) in [6, 6.07) is 0.604. The van der Waals surface area contributed by atoms with E-state index >= 15 is 0 Å². The van der Waals surface area contributed by atoms with E-state index in [0.29, 0.717) is 11.5 Å². The Bertz CT molecular complexity index is 327. The molecule has 120 valence electrons. The van der Waals surface area contributed by atoms with E-state index in [9.17, 15) is 0 Å². The summed E-state index contributed by atoms with van der Waals surface area (Å²) in [6.45, 7) is 1.95. The summed E-state index contributed by atoms with van der Waals surface area (Å²) in [4.78, 5) is 0. The average Bonchev–Trinajstić information content (AvgIpc) is 2.39. The Morgan fingerprint density at radius 3 is 2.14 bits per heavy atom. The van der Waals surface area contributed by atoms with Crippen molar-refractivity contribution in [2.24, 2.45) is 29.1 Å². The molecule has 0 aliphatic heterocycles. The summed E-state index contributed by atoms with van der Waals surface area (Å²) in [7, 11) is 2.17. The Kier molecular flexibility index (Phi) is 4.04. The molecule has 21 heavy (non-hydrogen) atoms. The molecule has 0 spiro atoms. The lowest BCUT2D eigenvalue weighted by molar-refractivity contribution is -0.0879. The van der Waals surface area contributed by atoms with Gasteiger partial charge in [0.2, 0.25) is 0 Å². The van der Waals surface area contributed by atoms with Crippen molar-refractivity contribution in [3.05, 3.63) is 0 Å². The fourth-order valence-corrected chi connectivity index (χ4v) is 6.40. The SMILES string of the molecule is CNC(COCCC1CCC1)C12CC3CC(CC(C3)C1)C2. The van der Waals surface area contributed by atoms with Crippen molar-refractivity contribution in [2.45, 2.75) is 70.3 Å². The van der Waals surface area contributed by atoms with Gasteiger partial charge in [0, 0.05) is 12.6 Å². The predicted molar refractivity (Wildman–Crippen MR) is 86.2 cm³/mol. The van der Waals surface area contributed by atoms with E-state index in [-0.39, 0.29) is 0 Å². The van der Waals surface area contributed by atoms with Crippen LogP contribution in [0.5, 0.6) is 0 Å². The Morgan fingerprint density at radius 1 is 1.05 bits per heavy atom. The third-order valence-electron chi connectivity index (χ3n) is 7.35. The first-order chi connectivity index (χ1) is 10.3. The molecule has 0 amide bonds. The molecule has 2 nitrogen and oxygen atoms in total.